The van der Waals surface area contributed by atoms with E-state index in [1.165, 1.54) is 0 Å². The van der Waals surface area contributed by atoms with E-state index in [1.54, 1.807) is 4.90 Å². The molecule has 0 radical (unpaired) electrons. The van der Waals surface area contributed by atoms with Crippen molar-refractivity contribution in [3.8, 4) is 0 Å². The summed E-state index contributed by atoms with van der Waals surface area (Å²) in [6.45, 7) is 3.93. The summed E-state index contributed by atoms with van der Waals surface area (Å²) in [4.78, 5) is 28.6. The highest BCUT2D eigenvalue weighted by molar-refractivity contribution is 6.07. The topological polar surface area (TPSA) is 61.9 Å². The van der Waals surface area contributed by atoms with Gasteiger partial charge in [-0.2, -0.15) is 0 Å². The molecular weight excluding hydrogens is 258 g/mol. The van der Waals surface area contributed by atoms with Crippen molar-refractivity contribution in [1.82, 2.24) is 15.1 Å². The van der Waals surface area contributed by atoms with Gasteiger partial charge in [-0.15, -0.1) is 0 Å². The lowest BCUT2D eigenvalue weighted by Crippen LogP contribution is -2.49. The zero-order valence-corrected chi connectivity index (χ0v) is 12.5. The van der Waals surface area contributed by atoms with Gasteiger partial charge >= 0.3 is 0 Å². The number of carbonyl (C=O) groups is 2. The first kappa shape index (κ1) is 15.3. The van der Waals surface area contributed by atoms with E-state index in [0.29, 0.717) is 45.7 Å². The van der Waals surface area contributed by atoms with Crippen LogP contribution < -0.4 is 5.32 Å². The largest absolute Gasteiger partial charge is 0.378 e. The summed E-state index contributed by atoms with van der Waals surface area (Å²) in [7, 11) is 4.01. The molecule has 0 aromatic carbocycles. The first-order valence-electron chi connectivity index (χ1n) is 7.36. The number of nitrogens with zero attached hydrogens (tertiary/aromatic N) is 2. The summed E-state index contributed by atoms with van der Waals surface area (Å²) < 4.78 is 5.25. The highest BCUT2D eigenvalue weighted by Gasteiger charge is 2.57. The molecule has 1 aliphatic carbocycles. The Morgan fingerprint density at radius 3 is 2.45 bits per heavy atom. The predicted octanol–water partition coefficient (Wildman–Crippen LogP) is -0.307. The van der Waals surface area contributed by atoms with E-state index in [2.05, 4.69) is 10.2 Å². The van der Waals surface area contributed by atoms with Crippen LogP contribution in [0.25, 0.3) is 0 Å². The number of ether oxygens (including phenoxy) is 1. The van der Waals surface area contributed by atoms with Crippen molar-refractivity contribution in [2.24, 2.45) is 5.41 Å². The minimum atomic E-state index is -0.768. The fourth-order valence-corrected chi connectivity index (χ4v) is 2.50. The SMILES string of the molecule is CN(C)CCCNC(=O)C1(C(=O)N2CCOCC2)CC1. The number of morpholine rings is 1. The van der Waals surface area contributed by atoms with Crippen molar-refractivity contribution in [1.29, 1.82) is 0 Å². The van der Waals surface area contributed by atoms with Gasteiger partial charge in [-0.3, -0.25) is 9.59 Å². The number of hydrogen-bond acceptors (Lipinski definition) is 4. The van der Waals surface area contributed by atoms with Crippen molar-refractivity contribution < 1.29 is 14.3 Å². The smallest absolute Gasteiger partial charge is 0.238 e. The van der Waals surface area contributed by atoms with Crippen LogP contribution in [0, 0.1) is 5.41 Å². The molecule has 6 heteroatoms. The Kier molecular flexibility index (Phi) is 4.99. The molecule has 114 valence electrons. The maximum atomic E-state index is 12.5. The fourth-order valence-electron chi connectivity index (χ4n) is 2.50. The number of rotatable bonds is 6. The molecule has 0 aromatic rings. The van der Waals surface area contributed by atoms with Gasteiger partial charge in [-0.25, -0.2) is 0 Å². The molecule has 1 aliphatic heterocycles. The Balaban J connectivity index is 1.80. The number of hydrogen-bond donors (Lipinski definition) is 1. The van der Waals surface area contributed by atoms with Crippen LogP contribution >= 0.6 is 0 Å². The predicted molar refractivity (Wildman–Crippen MR) is 75.2 cm³/mol. The maximum absolute atomic E-state index is 12.5. The average Bonchev–Trinajstić information content (AvgIpc) is 3.25. The Morgan fingerprint density at radius 2 is 1.90 bits per heavy atom. The van der Waals surface area contributed by atoms with Gasteiger partial charge in [-0.1, -0.05) is 0 Å². The minimum Gasteiger partial charge on any atom is -0.378 e. The molecule has 0 aromatic heterocycles. The summed E-state index contributed by atoms with van der Waals surface area (Å²) in [5, 5.41) is 2.92. The van der Waals surface area contributed by atoms with Gasteiger partial charge in [0.1, 0.15) is 5.41 Å². The van der Waals surface area contributed by atoms with Gasteiger partial charge in [0, 0.05) is 19.6 Å². The molecule has 1 N–H and O–H groups in total. The molecule has 2 fully saturated rings. The van der Waals surface area contributed by atoms with Gasteiger partial charge in [0.2, 0.25) is 11.8 Å². The van der Waals surface area contributed by atoms with Crippen LogP contribution in [0.1, 0.15) is 19.3 Å². The van der Waals surface area contributed by atoms with E-state index in [9.17, 15) is 9.59 Å². The van der Waals surface area contributed by atoms with Gasteiger partial charge < -0.3 is 19.9 Å². The molecule has 0 bridgehead atoms. The molecule has 0 atom stereocenters. The second kappa shape index (κ2) is 6.54. The minimum absolute atomic E-state index is 0.00842. The Morgan fingerprint density at radius 1 is 1.25 bits per heavy atom. The fraction of sp³-hybridized carbons (Fsp3) is 0.857. The molecule has 0 spiro atoms. The third-order valence-electron chi connectivity index (χ3n) is 3.96. The van der Waals surface area contributed by atoms with E-state index in [0.717, 1.165) is 13.0 Å². The lowest BCUT2D eigenvalue weighted by molar-refractivity contribution is -0.147. The molecule has 2 rings (SSSR count). The molecule has 0 unspecified atom stereocenters. The van der Waals surface area contributed by atoms with Crippen LogP contribution in [0.4, 0.5) is 0 Å². The lowest BCUT2D eigenvalue weighted by Gasteiger charge is -2.30. The average molecular weight is 283 g/mol. The molecule has 20 heavy (non-hydrogen) atoms. The number of carbonyl (C=O) groups excluding carboxylic acids is 2. The Bertz CT molecular complexity index is 361. The summed E-state index contributed by atoms with van der Waals surface area (Å²) in [5.74, 6) is -0.0985. The van der Waals surface area contributed by atoms with Crippen LogP contribution in [0.3, 0.4) is 0 Å². The van der Waals surface area contributed by atoms with Crippen LogP contribution in [0.15, 0.2) is 0 Å². The first-order valence-corrected chi connectivity index (χ1v) is 7.36. The van der Waals surface area contributed by atoms with Crippen molar-refractivity contribution in [3.63, 3.8) is 0 Å². The molecule has 1 heterocycles. The van der Waals surface area contributed by atoms with Crippen molar-refractivity contribution in [2.45, 2.75) is 19.3 Å². The molecule has 2 amide bonds. The Labute approximate surface area is 120 Å². The second-order valence-electron chi connectivity index (χ2n) is 5.90. The Hall–Kier alpha value is -1.14. The molecular formula is C14H25N3O3. The highest BCUT2D eigenvalue weighted by atomic mass is 16.5. The zero-order chi connectivity index (χ0) is 14.6. The van der Waals surface area contributed by atoms with Crippen molar-refractivity contribution in [2.75, 3.05) is 53.5 Å². The second-order valence-corrected chi connectivity index (χ2v) is 5.90. The van der Waals surface area contributed by atoms with Crippen LogP contribution in [0.2, 0.25) is 0 Å². The third-order valence-corrected chi connectivity index (χ3v) is 3.96. The highest BCUT2D eigenvalue weighted by Crippen LogP contribution is 2.47. The number of nitrogens with one attached hydrogen (secondary N) is 1. The third kappa shape index (κ3) is 3.49. The van der Waals surface area contributed by atoms with Crippen LogP contribution in [-0.2, 0) is 14.3 Å². The van der Waals surface area contributed by atoms with E-state index >= 15 is 0 Å². The van der Waals surface area contributed by atoms with Gasteiger partial charge in [0.15, 0.2) is 0 Å². The number of amides is 2. The van der Waals surface area contributed by atoms with Gasteiger partial charge in [-0.05, 0) is 39.9 Å². The normalized spacial score (nSPS) is 20.9. The van der Waals surface area contributed by atoms with E-state index < -0.39 is 5.41 Å². The quantitative estimate of drug-likeness (QED) is 0.537. The van der Waals surface area contributed by atoms with E-state index in [-0.39, 0.29) is 11.8 Å². The summed E-state index contributed by atoms with van der Waals surface area (Å²) >= 11 is 0. The van der Waals surface area contributed by atoms with Gasteiger partial charge in [0.25, 0.3) is 0 Å². The maximum Gasteiger partial charge on any atom is 0.238 e. The van der Waals surface area contributed by atoms with Gasteiger partial charge in [0.05, 0.1) is 13.2 Å². The molecule has 2 aliphatic rings. The van der Waals surface area contributed by atoms with E-state index in [1.807, 2.05) is 14.1 Å². The summed E-state index contributed by atoms with van der Waals surface area (Å²) in [5.41, 5.74) is -0.768. The van der Waals surface area contributed by atoms with Crippen molar-refractivity contribution >= 4 is 11.8 Å². The monoisotopic (exact) mass is 283 g/mol. The summed E-state index contributed by atoms with van der Waals surface area (Å²) in [6.07, 6.45) is 2.27. The molecule has 1 saturated carbocycles. The van der Waals surface area contributed by atoms with Crippen LogP contribution in [0.5, 0.6) is 0 Å². The summed E-state index contributed by atoms with van der Waals surface area (Å²) in [6, 6.07) is 0. The van der Waals surface area contributed by atoms with E-state index in [4.69, 9.17) is 4.74 Å². The van der Waals surface area contributed by atoms with Crippen LogP contribution in [-0.4, -0.2) is 75.1 Å². The molecule has 6 nitrogen and oxygen atoms in total. The standard InChI is InChI=1S/C14H25N3O3/c1-16(2)7-3-6-15-12(18)14(4-5-14)13(19)17-8-10-20-11-9-17/h3-11H2,1-2H3,(H,15,18). The molecule has 1 saturated heterocycles. The van der Waals surface area contributed by atoms with Crippen molar-refractivity contribution in [3.05, 3.63) is 0 Å². The lowest BCUT2D eigenvalue weighted by atomic mass is 10.0. The first-order chi connectivity index (χ1) is 9.56. The zero-order valence-electron chi connectivity index (χ0n) is 12.5.